The molecule has 0 radical (unpaired) electrons. The summed E-state index contributed by atoms with van der Waals surface area (Å²) in [6.07, 6.45) is 1.80. The predicted molar refractivity (Wildman–Crippen MR) is 106 cm³/mol. The van der Waals surface area contributed by atoms with Crippen molar-refractivity contribution >= 4 is 29.1 Å². The number of allylic oxidation sites excluding steroid dienone is 2. The zero-order valence-corrected chi connectivity index (χ0v) is 16.0. The SMILES string of the molecule is CCSc1nc2c(c(=O)[nH]1)[C@H](c1cccc([N+](=O)[O-])c1)C1=C(CCCC1=O)N2. The number of carbonyl (C=O) groups excluding carboxylic acids is 1. The topological polar surface area (TPSA) is 118 Å². The van der Waals surface area contributed by atoms with Crippen LogP contribution in [0.5, 0.6) is 0 Å². The fourth-order valence-electron chi connectivity index (χ4n) is 3.80. The molecular weight excluding hydrogens is 380 g/mol. The summed E-state index contributed by atoms with van der Waals surface area (Å²) in [5.74, 6) is 0.463. The van der Waals surface area contributed by atoms with Gasteiger partial charge in [-0.1, -0.05) is 30.8 Å². The number of nitrogens with one attached hydrogen (secondary N) is 2. The number of ketones is 1. The third-order valence-corrected chi connectivity index (χ3v) is 5.69. The van der Waals surface area contributed by atoms with E-state index >= 15 is 0 Å². The third-order valence-electron chi connectivity index (χ3n) is 4.93. The highest BCUT2D eigenvalue weighted by atomic mass is 32.2. The number of aromatic nitrogens is 2. The molecule has 8 nitrogen and oxygen atoms in total. The first-order chi connectivity index (χ1) is 13.5. The van der Waals surface area contributed by atoms with Crippen molar-refractivity contribution in [3.05, 3.63) is 67.1 Å². The molecule has 2 aliphatic rings. The third kappa shape index (κ3) is 3.11. The molecule has 4 rings (SSSR count). The molecule has 2 aromatic rings. The van der Waals surface area contributed by atoms with Crippen LogP contribution >= 0.6 is 11.8 Å². The van der Waals surface area contributed by atoms with Gasteiger partial charge in [-0.05, 0) is 24.2 Å². The predicted octanol–water partition coefficient (Wildman–Crippen LogP) is 3.35. The molecular formula is C19H18N4O4S. The van der Waals surface area contributed by atoms with Crippen LogP contribution in [0, 0.1) is 10.1 Å². The number of thioether (sulfide) groups is 1. The van der Waals surface area contributed by atoms with Crippen LogP contribution in [0.3, 0.4) is 0 Å². The van der Waals surface area contributed by atoms with E-state index in [-0.39, 0.29) is 17.0 Å². The van der Waals surface area contributed by atoms with E-state index < -0.39 is 10.8 Å². The molecule has 2 N–H and O–H groups in total. The molecule has 0 saturated carbocycles. The van der Waals surface area contributed by atoms with Crippen molar-refractivity contribution in [1.29, 1.82) is 0 Å². The quantitative estimate of drug-likeness (QED) is 0.351. The van der Waals surface area contributed by atoms with Crippen molar-refractivity contribution in [1.82, 2.24) is 9.97 Å². The van der Waals surface area contributed by atoms with E-state index in [1.165, 1.54) is 23.9 Å². The van der Waals surface area contributed by atoms with Gasteiger partial charge in [-0.15, -0.1) is 0 Å². The van der Waals surface area contributed by atoms with Crippen LogP contribution in [0.4, 0.5) is 11.5 Å². The lowest BCUT2D eigenvalue weighted by Gasteiger charge is -2.32. The Kier molecular flexibility index (Phi) is 4.76. The van der Waals surface area contributed by atoms with E-state index in [0.29, 0.717) is 40.5 Å². The number of Topliss-reactive ketones (excluding diaryl/α,β-unsaturated/α-hetero) is 1. The number of hydrogen-bond donors (Lipinski definition) is 2. The minimum absolute atomic E-state index is 0.0395. The molecule has 1 aliphatic carbocycles. The Morgan fingerprint density at radius 3 is 2.89 bits per heavy atom. The number of benzene rings is 1. The lowest BCUT2D eigenvalue weighted by atomic mass is 9.76. The molecule has 1 atom stereocenters. The Morgan fingerprint density at radius 2 is 2.14 bits per heavy atom. The lowest BCUT2D eigenvalue weighted by Crippen LogP contribution is -2.32. The van der Waals surface area contributed by atoms with Crippen LogP contribution in [0.15, 0.2) is 45.5 Å². The highest BCUT2D eigenvalue weighted by molar-refractivity contribution is 7.99. The van der Waals surface area contributed by atoms with Gasteiger partial charge in [0, 0.05) is 35.7 Å². The number of hydrogen-bond acceptors (Lipinski definition) is 7. The number of aromatic amines is 1. The van der Waals surface area contributed by atoms with E-state index in [4.69, 9.17) is 0 Å². The molecule has 0 fully saturated rings. The second kappa shape index (κ2) is 7.23. The van der Waals surface area contributed by atoms with Crippen molar-refractivity contribution in [3.63, 3.8) is 0 Å². The number of rotatable bonds is 4. The van der Waals surface area contributed by atoms with Crippen LogP contribution < -0.4 is 10.9 Å². The van der Waals surface area contributed by atoms with E-state index in [9.17, 15) is 19.7 Å². The number of anilines is 1. The molecule has 9 heteroatoms. The molecule has 144 valence electrons. The van der Waals surface area contributed by atoms with Crippen LogP contribution in [0.25, 0.3) is 0 Å². The summed E-state index contributed by atoms with van der Waals surface area (Å²) >= 11 is 1.42. The molecule has 0 amide bonds. The lowest BCUT2D eigenvalue weighted by molar-refractivity contribution is -0.384. The van der Waals surface area contributed by atoms with Gasteiger partial charge in [0.05, 0.1) is 10.5 Å². The fourth-order valence-corrected chi connectivity index (χ4v) is 4.39. The van der Waals surface area contributed by atoms with Crippen molar-refractivity contribution in [2.75, 3.05) is 11.1 Å². The Labute approximate surface area is 164 Å². The van der Waals surface area contributed by atoms with E-state index in [1.54, 1.807) is 12.1 Å². The van der Waals surface area contributed by atoms with Crippen LogP contribution in [0.1, 0.15) is 43.2 Å². The summed E-state index contributed by atoms with van der Waals surface area (Å²) in [6, 6.07) is 6.12. The number of H-pyrrole nitrogens is 1. The smallest absolute Gasteiger partial charge is 0.269 e. The maximum absolute atomic E-state index is 12.9. The molecule has 2 heterocycles. The van der Waals surface area contributed by atoms with E-state index in [1.807, 2.05) is 6.92 Å². The molecule has 0 bridgehead atoms. The summed E-state index contributed by atoms with van der Waals surface area (Å²) in [5.41, 5.74) is 1.73. The van der Waals surface area contributed by atoms with Crippen LogP contribution in [0.2, 0.25) is 0 Å². The van der Waals surface area contributed by atoms with E-state index in [2.05, 4.69) is 15.3 Å². The van der Waals surface area contributed by atoms with Crippen molar-refractivity contribution < 1.29 is 9.72 Å². The first-order valence-electron chi connectivity index (χ1n) is 9.04. The van der Waals surface area contributed by atoms with Crippen LogP contribution in [-0.4, -0.2) is 26.4 Å². The summed E-state index contributed by atoms with van der Waals surface area (Å²) in [4.78, 5) is 43.7. The highest BCUT2D eigenvalue weighted by Gasteiger charge is 2.38. The van der Waals surface area contributed by atoms with E-state index in [0.717, 1.165) is 17.9 Å². The summed E-state index contributed by atoms with van der Waals surface area (Å²) in [6.45, 7) is 1.96. The highest BCUT2D eigenvalue weighted by Crippen LogP contribution is 2.43. The molecule has 0 saturated heterocycles. The second-order valence-electron chi connectivity index (χ2n) is 6.65. The Bertz CT molecular complexity index is 1080. The minimum atomic E-state index is -0.670. The fraction of sp³-hybridized carbons (Fsp3) is 0.316. The number of non-ortho nitro benzene ring substituents is 1. The molecule has 0 unspecified atom stereocenters. The molecule has 1 aromatic carbocycles. The number of carbonyl (C=O) groups is 1. The summed E-state index contributed by atoms with van der Waals surface area (Å²) < 4.78 is 0. The zero-order chi connectivity index (χ0) is 19.8. The van der Waals surface area contributed by atoms with Gasteiger partial charge in [0.25, 0.3) is 11.2 Å². The van der Waals surface area contributed by atoms with Gasteiger partial charge >= 0.3 is 0 Å². The zero-order valence-electron chi connectivity index (χ0n) is 15.2. The monoisotopic (exact) mass is 398 g/mol. The van der Waals surface area contributed by atoms with Crippen molar-refractivity contribution in [2.45, 2.75) is 37.3 Å². The van der Waals surface area contributed by atoms with Gasteiger partial charge in [0.2, 0.25) is 0 Å². The van der Waals surface area contributed by atoms with Gasteiger partial charge in [0.15, 0.2) is 10.9 Å². The number of nitrogens with zero attached hydrogens (tertiary/aromatic N) is 2. The van der Waals surface area contributed by atoms with Gasteiger partial charge in [-0.2, -0.15) is 0 Å². The first kappa shape index (κ1) is 18.4. The maximum atomic E-state index is 12.9. The summed E-state index contributed by atoms with van der Waals surface area (Å²) in [5, 5.41) is 14.9. The Hall–Kier alpha value is -2.94. The Balaban J connectivity index is 1.95. The number of nitro benzene ring substituents is 1. The summed E-state index contributed by atoms with van der Waals surface area (Å²) in [7, 11) is 0. The first-order valence-corrected chi connectivity index (χ1v) is 10.0. The van der Waals surface area contributed by atoms with Crippen molar-refractivity contribution in [2.24, 2.45) is 0 Å². The normalized spacial score (nSPS) is 18.3. The van der Waals surface area contributed by atoms with Gasteiger partial charge in [-0.3, -0.25) is 19.7 Å². The molecule has 28 heavy (non-hydrogen) atoms. The largest absolute Gasteiger partial charge is 0.343 e. The molecule has 1 aliphatic heterocycles. The standard InChI is InChI=1S/C19H18N4O4S/c1-2-28-19-21-17-16(18(25)22-19)14(10-5-3-6-11(9-10)23(26)27)15-12(20-17)7-4-8-13(15)24/h3,5-6,9,14H,2,4,7-8H2,1H3,(H2,20,21,22,25)/t14-/m1/s1. The minimum Gasteiger partial charge on any atom is -0.343 e. The van der Waals surface area contributed by atoms with Crippen LogP contribution in [-0.2, 0) is 4.79 Å². The van der Waals surface area contributed by atoms with Gasteiger partial charge in [0.1, 0.15) is 5.82 Å². The average molecular weight is 398 g/mol. The number of nitro groups is 1. The average Bonchev–Trinajstić information content (AvgIpc) is 2.67. The second-order valence-corrected chi connectivity index (χ2v) is 7.90. The molecule has 1 aromatic heterocycles. The van der Waals surface area contributed by atoms with Gasteiger partial charge < -0.3 is 10.3 Å². The number of fused-ring (bicyclic) bond motifs is 1. The van der Waals surface area contributed by atoms with Gasteiger partial charge in [-0.25, -0.2) is 4.98 Å². The Morgan fingerprint density at radius 1 is 1.32 bits per heavy atom. The maximum Gasteiger partial charge on any atom is 0.269 e. The molecule has 0 spiro atoms. The van der Waals surface area contributed by atoms with Crippen molar-refractivity contribution in [3.8, 4) is 0 Å².